The van der Waals surface area contributed by atoms with Crippen LogP contribution in [0.15, 0.2) is 34.8 Å². The van der Waals surface area contributed by atoms with Crippen LogP contribution in [-0.4, -0.2) is 6.61 Å². The molecule has 0 bridgehead atoms. The lowest BCUT2D eigenvalue weighted by molar-refractivity contribution is 0.366. The van der Waals surface area contributed by atoms with Gasteiger partial charge in [0.05, 0.1) is 4.47 Å². The Bertz CT molecular complexity index is 575. The Hall–Kier alpha value is -1.73. The maximum Gasteiger partial charge on any atom is 0.174 e. The third-order valence-electron chi connectivity index (χ3n) is 2.23. The first-order valence-electron chi connectivity index (χ1n) is 4.70. The van der Waals surface area contributed by atoms with Crippen molar-refractivity contribution in [3.8, 4) is 11.8 Å². The highest BCUT2D eigenvalue weighted by molar-refractivity contribution is 9.10. The molecule has 0 heterocycles. The maximum atomic E-state index is 8.46. The lowest BCUT2D eigenvalue weighted by Gasteiger charge is -2.08. The molecule has 2 aromatic rings. The van der Waals surface area contributed by atoms with Gasteiger partial charge >= 0.3 is 0 Å². The van der Waals surface area contributed by atoms with Gasteiger partial charge in [-0.2, -0.15) is 5.26 Å². The van der Waals surface area contributed by atoms with Crippen LogP contribution < -0.4 is 10.5 Å². The minimum absolute atomic E-state index is 0.0408. The fraction of sp³-hybridized carbons (Fsp3) is 0.0833. The fourth-order valence-electron chi connectivity index (χ4n) is 1.51. The van der Waals surface area contributed by atoms with Crippen LogP contribution in [0.2, 0.25) is 0 Å². The molecule has 0 unspecified atom stereocenters. The van der Waals surface area contributed by atoms with Gasteiger partial charge in [0.2, 0.25) is 0 Å². The van der Waals surface area contributed by atoms with Crippen molar-refractivity contribution in [3.05, 3.63) is 34.8 Å². The number of rotatable bonds is 2. The van der Waals surface area contributed by atoms with E-state index in [1.165, 1.54) is 0 Å². The zero-order valence-electron chi connectivity index (χ0n) is 8.40. The monoisotopic (exact) mass is 276 g/mol. The van der Waals surface area contributed by atoms with Crippen molar-refractivity contribution >= 4 is 32.4 Å². The molecule has 80 valence electrons. The van der Waals surface area contributed by atoms with E-state index in [2.05, 4.69) is 15.9 Å². The van der Waals surface area contributed by atoms with E-state index >= 15 is 0 Å². The van der Waals surface area contributed by atoms with Gasteiger partial charge in [0.15, 0.2) is 6.61 Å². The van der Waals surface area contributed by atoms with Gasteiger partial charge in [-0.05, 0) is 44.9 Å². The first-order valence-corrected chi connectivity index (χ1v) is 5.49. The molecule has 0 atom stereocenters. The zero-order valence-corrected chi connectivity index (χ0v) is 9.99. The van der Waals surface area contributed by atoms with Crippen LogP contribution in [0.25, 0.3) is 10.8 Å². The molecule has 0 saturated carbocycles. The third-order valence-corrected chi connectivity index (χ3v) is 3.05. The number of nitrogen functional groups attached to an aromatic ring is 1. The van der Waals surface area contributed by atoms with Crippen LogP contribution in [-0.2, 0) is 0 Å². The molecule has 2 rings (SSSR count). The van der Waals surface area contributed by atoms with Gasteiger partial charge in [-0.1, -0.05) is 12.1 Å². The van der Waals surface area contributed by atoms with Crippen LogP contribution >= 0.6 is 15.9 Å². The molecule has 0 radical (unpaired) electrons. The summed E-state index contributed by atoms with van der Waals surface area (Å²) in [7, 11) is 0. The van der Waals surface area contributed by atoms with E-state index in [9.17, 15) is 0 Å². The summed E-state index contributed by atoms with van der Waals surface area (Å²) in [6.07, 6.45) is 0. The molecule has 0 aliphatic heterocycles. The van der Waals surface area contributed by atoms with Gasteiger partial charge in [0.25, 0.3) is 0 Å². The van der Waals surface area contributed by atoms with E-state index in [4.69, 9.17) is 15.7 Å². The topological polar surface area (TPSA) is 59.0 Å². The number of fused-ring (bicyclic) bond motifs is 1. The van der Waals surface area contributed by atoms with Crippen LogP contribution in [0.1, 0.15) is 0 Å². The molecular formula is C12H9BrN2O. The molecule has 3 nitrogen and oxygen atoms in total. The van der Waals surface area contributed by atoms with Gasteiger partial charge in [0.1, 0.15) is 11.8 Å². The predicted octanol–water partition coefficient (Wildman–Crippen LogP) is 3.09. The number of hydrogen-bond donors (Lipinski definition) is 1. The summed E-state index contributed by atoms with van der Waals surface area (Å²) >= 11 is 3.46. The number of nitrogens with zero attached hydrogens (tertiary/aromatic N) is 1. The second-order valence-corrected chi connectivity index (χ2v) is 4.10. The van der Waals surface area contributed by atoms with Crippen molar-refractivity contribution < 1.29 is 4.74 Å². The lowest BCUT2D eigenvalue weighted by Crippen LogP contribution is -1.94. The van der Waals surface area contributed by atoms with E-state index in [1.54, 1.807) is 0 Å². The van der Waals surface area contributed by atoms with Crippen molar-refractivity contribution in [2.24, 2.45) is 0 Å². The zero-order chi connectivity index (χ0) is 11.5. The van der Waals surface area contributed by atoms with E-state index in [1.807, 2.05) is 36.4 Å². The van der Waals surface area contributed by atoms with Gasteiger partial charge < -0.3 is 10.5 Å². The number of nitriles is 1. The van der Waals surface area contributed by atoms with Gasteiger partial charge in [-0.15, -0.1) is 0 Å². The molecular weight excluding hydrogens is 268 g/mol. The Morgan fingerprint density at radius 2 is 2.12 bits per heavy atom. The SMILES string of the molecule is N#CCOc1ccc2cc(N)ccc2c1Br. The minimum Gasteiger partial charge on any atom is -0.478 e. The molecule has 2 aromatic carbocycles. The number of nitrogens with two attached hydrogens (primary N) is 1. The van der Waals surface area contributed by atoms with Crippen LogP contribution in [0, 0.1) is 11.3 Å². The number of anilines is 1. The summed E-state index contributed by atoms with van der Waals surface area (Å²) in [5.74, 6) is 0.666. The van der Waals surface area contributed by atoms with E-state index in [-0.39, 0.29) is 6.61 Å². The summed E-state index contributed by atoms with van der Waals surface area (Å²) in [5.41, 5.74) is 6.43. The maximum absolute atomic E-state index is 8.46. The fourth-order valence-corrected chi connectivity index (χ4v) is 2.12. The summed E-state index contributed by atoms with van der Waals surface area (Å²) in [4.78, 5) is 0. The normalized spacial score (nSPS) is 10.0. The number of benzene rings is 2. The summed E-state index contributed by atoms with van der Waals surface area (Å²) < 4.78 is 6.13. The number of hydrogen-bond acceptors (Lipinski definition) is 3. The summed E-state index contributed by atoms with van der Waals surface area (Å²) in [5, 5.41) is 10.5. The van der Waals surface area contributed by atoms with Crippen LogP contribution in [0.5, 0.6) is 5.75 Å². The van der Waals surface area contributed by atoms with Crippen LogP contribution in [0.4, 0.5) is 5.69 Å². The number of ether oxygens (including phenoxy) is 1. The second kappa shape index (κ2) is 4.42. The minimum atomic E-state index is 0.0408. The van der Waals surface area contributed by atoms with Crippen molar-refractivity contribution in [3.63, 3.8) is 0 Å². The Balaban J connectivity index is 2.53. The molecule has 0 aliphatic rings. The molecule has 16 heavy (non-hydrogen) atoms. The highest BCUT2D eigenvalue weighted by atomic mass is 79.9. The first kappa shape index (κ1) is 10.8. The third kappa shape index (κ3) is 1.95. The molecule has 0 fully saturated rings. The largest absolute Gasteiger partial charge is 0.478 e. The predicted molar refractivity (Wildman–Crippen MR) is 67.2 cm³/mol. The van der Waals surface area contributed by atoms with Gasteiger partial charge in [0, 0.05) is 5.69 Å². The van der Waals surface area contributed by atoms with E-state index in [0.717, 1.165) is 20.9 Å². The number of halogens is 1. The smallest absolute Gasteiger partial charge is 0.174 e. The molecule has 0 saturated heterocycles. The second-order valence-electron chi connectivity index (χ2n) is 3.31. The molecule has 4 heteroatoms. The average Bonchev–Trinajstić information content (AvgIpc) is 2.28. The van der Waals surface area contributed by atoms with Crippen molar-refractivity contribution in [2.45, 2.75) is 0 Å². The standard InChI is InChI=1S/C12H9BrN2O/c13-12-10-3-2-9(15)7-8(10)1-4-11(12)16-6-5-14/h1-4,7H,6,15H2. The molecule has 2 N–H and O–H groups in total. The molecule has 0 aromatic heterocycles. The van der Waals surface area contributed by atoms with Crippen LogP contribution in [0.3, 0.4) is 0 Å². The van der Waals surface area contributed by atoms with Crippen molar-refractivity contribution in [1.29, 1.82) is 5.26 Å². The molecule has 0 amide bonds. The lowest BCUT2D eigenvalue weighted by atomic mass is 10.1. The average molecular weight is 277 g/mol. The Morgan fingerprint density at radius 3 is 2.88 bits per heavy atom. The van der Waals surface area contributed by atoms with E-state index < -0.39 is 0 Å². The highest BCUT2D eigenvalue weighted by Gasteiger charge is 2.06. The van der Waals surface area contributed by atoms with Crippen molar-refractivity contribution in [1.82, 2.24) is 0 Å². The highest BCUT2D eigenvalue weighted by Crippen LogP contribution is 2.33. The summed E-state index contributed by atoms with van der Waals surface area (Å²) in [6.45, 7) is 0.0408. The van der Waals surface area contributed by atoms with Crippen molar-refractivity contribution in [2.75, 3.05) is 12.3 Å². The summed E-state index contributed by atoms with van der Waals surface area (Å²) in [6, 6.07) is 11.3. The van der Waals surface area contributed by atoms with Gasteiger partial charge in [-0.3, -0.25) is 0 Å². The Morgan fingerprint density at radius 1 is 1.31 bits per heavy atom. The Kier molecular flexibility index (Phi) is 2.97. The molecule has 0 aliphatic carbocycles. The quantitative estimate of drug-likeness (QED) is 0.858. The molecule has 0 spiro atoms. The van der Waals surface area contributed by atoms with E-state index in [0.29, 0.717) is 5.75 Å². The first-order chi connectivity index (χ1) is 7.72. The van der Waals surface area contributed by atoms with Gasteiger partial charge in [-0.25, -0.2) is 0 Å². The Labute approximate surface area is 102 Å².